The smallest absolute Gasteiger partial charge is 0.336 e. The Balaban J connectivity index is 1.50. The lowest BCUT2D eigenvalue weighted by molar-refractivity contribution is -0.118. The molecule has 0 saturated heterocycles. The van der Waals surface area contributed by atoms with E-state index in [9.17, 15) is 9.59 Å². The van der Waals surface area contributed by atoms with Gasteiger partial charge in [-0.05, 0) is 48.2 Å². The first-order valence-corrected chi connectivity index (χ1v) is 9.94. The summed E-state index contributed by atoms with van der Waals surface area (Å²) >= 11 is 0. The van der Waals surface area contributed by atoms with E-state index in [4.69, 9.17) is 9.15 Å². The number of fused-ring (bicyclic) bond motifs is 1. The van der Waals surface area contributed by atoms with E-state index in [1.807, 2.05) is 32.0 Å². The van der Waals surface area contributed by atoms with Crippen molar-refractivity contribution in [2.45, 2.75) is 26.8 Å². The summed E-state index contributed by atoms with van der Waals surface area (Å²) in [4.78, 5) is 28.5. The maximum atomic E-state index is 12.6. The monoisotopic (exact) mass is 418 g/mol. The molecule has 0 aliphatic rings. The zero-order valence-corrected chi connectivity index (χ0v) is 17.3. The van der Waals surface area contributed by atoms with E-state index in [2.05, 4.69) is 15.4 Å². The number of hydrogen-bond acceptors (Lipinski definition) is 6. The van der Waals surface area contributed by atoms with Gasteiger partial charge in [0.05, 0.1) is 18.1 Å². The van der Waals surface area contributed by atoms with Crippen molar-refractivity contribution in [1.29, 1.82) is 0 Å². The summed E-state index contributed by atoms with van der Waals surface area (Å²) in [6.45, 7) is 4.12. The second-order valence-electron chi connectivity index (χ2n) is 7.15. The highest BCUT2D eigenvalue weighted by atomic mass is 16.5. The highest BCUT2D eigenvalue weighted by Gasteiger charge is 2.14. The summed E-state index contributed by atoms with van der Waals surface area (Å²) < 4.78 is 12.9. The summed E-state index contributed by atoms with van der Waals surface area (Å²) in [6.07, 6.45) is 5.72. The van der Waals surface area contributed by atoms with E-state index in [0.717, 1.165) is 16.7 Å². The van der Waals surface area contributed by atoms with E-state index in [0.29, 0.717) is 35.5 Å². The molecule has 3 aromatic heterocycles. The Morgan fingerprint density at radius 2 is 2.10 bits per heavy atom. The van der Waals surface area contributed by atoms with Gasteiger partial charge in [0.15, 0.2) is 6.61 Å². The molecule has 0 aliphatic heterocycles. The Bertz CT molecular complexity index is 1280. The van der Waals surface area contributed by atoms with E-state index in [-0.39, 0.29) is 12.5 Å². The van der Waals surface area contributed by atoms with Crippen LogP contribution in [-0.2, 0) is 17.8 Å². The van der Waals surface area contributed by atoms with Crippen molar-refractivity contribution in [3.05, 3.63) is 82.1 Å². The van der Waals surface area contributed by atoms with Gasteiger partial charge in [-0.1, -0.05) is 13.0 Å². The molecular weight excluding hydrogens is 396 g/mol. The fourth-order valence-corrected chi connectivity index (χ4v) is 3.41. The van der Waals surface area contributed by atoms with Crippen LogP contribution in [0.2, 0.25) is 0 Å². The second kappa shape index (κ2) is 8.83. The Hall–Kier alpha value is -3.94. The number of nitrogens with one attached hydrogen (secondary N) is 1. The number of benzene rings is 1. The van der Waals surface area contributed by atoms with Gasteiger partial charge in [-0.3, -0.25) is 9.78 Å². The topological polar surface area (TPSA) is 99.2 Å². The average Bonchev–Trinajstić information content (AvgIpc) is 3.18. The Kier molecular flexibility index (Phi) is 5.79. The zero-order chi connectivity index (χ0) is 21.8. The van der Waals surface area contributed by atoms with Crippen molar-refractivity contribution in [3.8, 4) is 5.75 Å². The lowest BCUT2D eigenvalue weighted by Gasteiger charge is -2.13. The number of aryl methyl sites for hydroxylation is 2. The van der Waals surface area contributed by atoms with Crippen molar-refractivity contribution in [2.24, 2.45) is 0 Å². The van der Waals surface area contributed by atoms with Crippen LogP contribution in [0.25, 0.3) is 11.0 Å². The van der Waals surface area contributed by atoms with Crippen LogP contribution in [0, 0.1) is 6.92 Å². The minimum absolute atomic E-state index is 0.196. The maximum Gasteiger partial charge on any atom is 0.336 e. The van der Waals surface area contributed by atoms with Gasteiger partial charge in [0.25, 0.3) is 5.91 Å². The molecule has 0 saturated carbocycles. The molecule has 3 heterocycles. The number of carbonyl (C=O) groups excluding carboxylic acids is 1. The van der Waals surface area contributed by atoms with Gasteiger partial charge < -0.3 is 14.5 Å². The molecule has 31 heavy (non-hydrogen) atoms. The second-order valence-corrected chi connectivity index (χ2v) is 7.15. The number of rotatable bonds is 7. The van der Waals surface area contributed by atoms with Crippen LogP contribution >= 0.6 is 0 Å². The maximum absolute atomic E-state index is 12.6. The molecule has 1 aromatic carbocycles. The van der Waals surface area contributed by atoms with Crippen molar-refractivity contribution in [3.63, 3.8) is 0 Å². The first-order valence-electron chi connectivity index (χ1n) is 9.94. The summed E-state index contributed by atoms with van der Waals surface area (Å²) in [5, 5.41) is 7.79. The number of aromatic nitrogens is 3. The Morgan fingerprint density at radius 3 is 2.87 bits per heavy atom. The fraction of sp³-hybridized carbons (Fsp3) is 0.217. The summed E-state index contributed by atoms with van der Waals surface area (Å²) in [5.41, 5.74) is 2.71. The third-order valence-corrected chi connectivity index (χ3v) is 4.81. The van der Waals surface area contributed by atoms with E-state index < -0.39 is 5.63 Å². The molecule has 8 nitrogen and oxygen atoms in total. The van der Waals surface area contributed by atoms with Crippen molar-refractivity contribution in [1.82, 2.24) is 14.8 Å². The van der Waals surface area contributed by atoms with Gasteiger partial charge in [-0.2, -0.15) is 5.10 Å². The number of hydrogen-bond donors (Lipinski definition) is 1. The molecule has 1 amide bonds. The molecule has 0 bridgehead atoms. The SMILES string of the molecule is CCc1cc(=O)oc2cc(C)cc(OCC(=O)Nc3ccnn3Cc3cccnc3)c12. The molecule has 4 rings (SSSR count). The first kappa shape index (κ1) is 20.3. The predicted molar refractivity (Wildman–Crippen MR) is 116 cm³/mol. The first-order chi connectivity index (χ1) is 15.0. The van der Waals surface area contributed by atoms with Crippen molar-refractivity contribution >= 4 is 22.7 Å². The normalized spacial score (nSPS) is 10.9. The Morgan fingerprint density at radius 1 is 1.23 bits per heavy atom. The van der Waals surface area contributed by atoms with Gasteiger partial charge in [-0.25, -0.2) is 9.48 Å². The third-order valence-electron chi connectivity index (χ3n) is 4.81. The number of anilines is 1. The largest absolute Gasteiger partial charge is 0.483 e. The lowest BCUT2D eigenvalue weighted by atomic mass is 10.1. The number of ether oxygens (including phenoxy) is 1. The molecule has 0 aliphatic carbocycles. The quantitative estimate of drug-likeness (QED) is 0.462. The van der Waals surface area contributed by atoms with E-state index in [1.54, 1.807) is 35.4 Å². The third kappa shape index (κ3) is 4.63. The molecule has 0 spiro atoms. The molecule has 0 unspecified atom stereocenters. The molecular formula is C23H22N4O4. The Labute approximate surface area is 178 Å². The predicted octanol–water partition coefficient (Wildman–Crippen LogP) is 3.32. The van der Waals surface area contributed by atoms with Gasteiger partial charge >= 0.3 is 5.63 Å². The molecule has 8 heteroatoms. The van der Waals surface area contributed by atoms with E-state index >= 15 is 0 Å². The van der Waals surface area contributed by atoms with Crippen LogP contribution in [0.5, 0.6) is 5.75 Å². The van der Waals surface area contributed by atoms with Gasteiger partial charge in [0.2, 0.25) is 0 Å². The summed E-state index contributed by atoms with van der Waals surface area (Å²) in [5.74, 6) is 0.749. The van der Waals surface area contributed by atoms with Crippen LogP contribution in [-0.4, -0.2) is 27.3 Å². The number of nitrogens with zero attached hydrogens (tertiary/aromatic N) is 3. The molecule has 0 radical (unpaired) electrons. The van der Waals surface area contributed by atoms with Crippen LogP contribution in [0.1, 0.15) is 23.6 Å². The average molecular weight is 418 g/mol. The van der Waals surface area contributed by atoms with Gasteiger partial charge in [-0.15, -0.1) is 0 Å². The standard InChI is InChI=1S/C23H22N4O4/c1-3-17-11-22(29)31-19-10-15(2)9-18(23(17)19)30-14-21(28)26-20-6-8-25-27(20)13-16-5-4-7-24-12-16/h4-12H,3,13-14H2,1-2H3,(H,26,28). The number of carbonyl (C=O) groups is 1. The van der Waals surface area contributed by atoms with Crippen LogP contribution in [0.3, 0.4) is 0 Å². The lowest BCUT2D eigenvalue weighted by Crippen LogP contribution is -2.22. The molecule has 1 N–H and O–H groups in total. The molecule has 4 aromatic rings. The summed E-state index contributed by atoms with van der Waals surface area (Å²) in [6, 6.07) is 10.6. The van der Waals surface area contributed by atoms with Crippen LogP contribution in [0.4, 0.5) is 5.82 Å². The summed E-state index contributed by atoms with van der Waals surface area (Å²) in [7, 11) is 0. The van der Waals surface area contributed by atoms with Crippen LogP contribution in [0.15, 0.2) is 64.2 Å². The highest BCUT2D eigenvalue weighted by molar-refractivity contribution is 5.92. The minimum atomic E-state index is -0.402. The fourth-order valence-electron chi connectivity index (χ4n) is 3.41. The molecule has 0 fully saturated rings. The highest BCUT2D eigenvalue weighted by Crippen LogP contribution is 2.30. The van der Waals surface area contributed by atoms with Crippen molar-refractivity contribution in [2.75, 3.05) is 11.9 Å². The van der Waals surface area contributed by atoms with Gasteiger partial charge in [0.1, 0.15) is 17.2 Å². The van der Waals surface area contributed by atoms with E-state index in [1.165, 1.54) is 6.07 Å². The molecule has 158 valence electrons. The van der Waals surface area contributed by atoms with Crippen molar-refractivity contribution < 1.29 is 13.9 Å². The molecule has 0 atom stereocenters. The zero-order valence-electron chi connectivity index (χ0n) is 17.3. The minimum Gasteiger partial charge on any atom is -0.483 e. The van der Waals surface area contributed by atoms with Crippen LogP contribution < -0.4 is 15.7 Å². The number of pyridine rings is 1. The number of amides is 1. The van der Waals surface area contributed by atoms with Gasteiger partial charge in [0, 0.05) is 24.5 Å².